The summed E-state index contributed by atoms with van der Waals surface area (Å²) >= 11 is 0. The van der Waals surface area contributed by atoms with Crippen LogP contribution in [0.25, 0.3) is 0 Å². The molecule has 4 unspecified atom stereocenters. The van der Waals surface area contributed by atoms with Gasteiger partial charge in [0.15, 0.2) is 0 Å². The van der Waals surface area contributed by atoms with Gasteiger partial charge in [-0.05, 0) is 235 Å². The number of nitrogens with zero attached hydrogens (tertiary/aromatic N) is 4. The van der Waals surface area contributed by atoms with Crippen molar-refractivity contribution in [1.29, 1.82) is 0 Å². The van der Waals surface area contributed by atoms with E-state index in [2.05, 4.69) is 116 Å². The van der Waals surface area contributed by atoms with Crippen LogP contribution in [0.3, 0.4) is 0 Å². The Balaban J connectivity index is 0.000000236. The predicted molar refractivity (Wildman–Crippen MR) is 369 cm³/mol. The molecule has 10 rings (SSSR count). The van der Waals surface area contributed by atoms with E-state index in [4.69, 9.17) is 4.74 Å². The molecule has 520 valence electrons. The molecule has 4 aliphatic heterocycles. The molecule has 0 bridgehead atoms. The number of hydrogen-bond donors (Lipinski definition) is 3. The van der Waals surface area contributed by atoms with Gasteiger partial charge in [0, 0.05) is 124 Å². The number of benzene rings is 4. The van der Waals surface area contributed by atoms with Crippen LogP contribution in [0.1, 0.15) is 222 Å². The van der Waals surface area contributed by atoms with Crippen LogP contribution in [0.2, 0.25) is 0 Å². The van der Waals surface area contributed by atoms with Gasteiger partial charge in [-0.15, -0.1) is 24.8 Å². The Morgan fingerprint density at radius 2 is 0.851 bits per heavy atom. The SMILES string of the molecule is CC(=O)NC(C)(C)C1CC2(CCN(C(=O)C3CN(C(C)(C)C)C[C@H]3c3ccc(F)cc3F)CC2)c2cc(C)c(C)cc21.CC(=O)NC(C)(C)C1CC2(CCN(C(=O)OC(C)(C)C)CC2)c2cc(C)c(C)cc21.CC(C)(C)N1CC(C(=O)O)[C@H](c2ccc(F)cc2F)C1.Cl.Cl. The summed E-state index contributed by atoms with van der Waals surface area (Å²) in [6, 6.07) is 16.4. The number of aryl methyl sites for hydroxylation is 4. The molecule has 4 saturated heterocycles. The summed E-state index contributed by atoms with van der Waals surface area (Å²) in [6.07, 6.45) is 5.28. The molecule has 2 spiro atoms. The average molecular weight is 1350 g/mol. The molecule has 19 heteroatoms. The molecule has 2 aliphatic carbocycles. The normalized spacial score (nSPS) is 22.6. The lowest BCUT2D eigenvalue weighted by Gasteiger charge is -2.42. The van der Waals surface area contributed by atoms with Gasteiger partial charge in [0.2, 0.25) is 17.7 Å². The highest BCUT2D eigenvalue weighted by molar-refractivity contribution is 5.86. The molecule has 4 aromatic rings. The Morgan fingerprint density at radius 1 is 0.500 bits per heavy atom. The molecule has 0 radical (unpaired) electrons. The van der Waals surface area contributed by atoms with Crippen LogP contribution in [0.15, 0.2) is 60.7 Å². The van der Waals surface area contributed by atoms with Crippen molar-refractivity contribution in [2.24, 2.45) is 11.8 Å². The second-order valence-corrected chi connectivity index (χ2v) is 32.0. The fourth-order valence-electron chi connectivity index (χ4n) is 16.0. The number of fused-ring (bicyclic) bond motifs is 4. The third-order valence-corrected chi connectivity index (χ3v) is 21.5. The van der Waals surface area contributed by atoms with Crippen molar-refractivity contribution in [3.05, 3.63) is 140 Å². The molecular formula is C75H106Cl2F4N6O7. The molecular weight excluding hydrogens is 1240 g/mol. The summed E-state index contributed by atoms with van der Waals surface area (Å²) < 4.78 is 61.3. The highest BCUT2D eigenvalue weighted by atomic mass is 35.5. The first kappa shape index (κ1) is 77.3. The number of likely N-dealkylation sites (tertiary alicyclic amines) is 4. The maximum absolute atomic E-state index is 15.0. The van der Waals surface area contributed by atoms with E-state index in [0.717, 1.165) is 50.7 Å². The van der Waals surface area contributed by atoms with Crippen LogP contribution in [0, 0.1) is 62.8 Å². The van der Waals surface area contributed by atoms with Gasteiger partial charge >= 0.3 is 12.1 Å². The van der Waals surface area contributed by atoms with Crippen molar-refractivity contribution in [1.82, 2.24) is 30.2 Å². The van der Waals surface area contributed by atoms with E-state index >= 15 is 4.39 Å². The van der Waals surface area contributed by atoms with Gasteiger partial charge in [-0.2, -0.15) is 0 Å². The van der Waals surface area contributed by atoms with E-state index < -0.39 is 52.2 Å². The predicted octanol–water partition coefficient (Wildman–Crippen LogP) is 15.0. The number of amides is 4. The van der Waals surface area contributed by atoms with Crippen molar-refractivity contribution in [2.75, 3.05) is 52.4 Å². The zero-order valence-electron chi connectivity index (χ0n) is 59.2. The van der Waals surface area contributed by atoms with E-state index in [1.807, 2.05) is 56.2 Å². The summed E-state index contributed by atoms with van der Waals surface area (Å²) in [5.41, 5.74) is 9.73. The quantitative estimate of drug-likeness (QED) is 0.146. The number of carboxylic acid groups (broad SMARTS) is 1. The van der Waals surface area contributed by atoms with Gasteiger partial charge in [-0.1, -0.05) is 36.4 Å². The lowest BCUT2D eigenvalue weighted by Crippen LogP contribution is -2.49. The Labute approximate surface area is 569 Å². The van der Waals surface area contributed by atoms with Crippen LogP contribution < -0.4 is 10.6 Å². The molecule has 0 aromatic heterocycles. The van der Waals surface area contributed by atoms with Crippen molar-refractivity contribution >= 4 is 54.6 Å². The number of piperidine rings is 2. The first-order valence-electron chi connectivity index (χ1n) is 33.2. The first-order valence-corrected chi connectivity index (χ1v) is 33.2. The number of nitrogens with one attached hydrogen (secondary N) is 2. The molecule has 4 amide bonds. The van der Waals surface area contributed by atoms with Crippen LogP contribution >= 0.6 is 24.8 Å². The molecule has 4 aromatic carbocycles. The number of carbonyl (C=O) groups excluding carboxylic acids is 4. The van der Waals surface area contributed by atoms with Gasteiger partial charge < -0.3 is 30.3 Å². The molecule has 0 saturated carbocycles. The summed E-state index contributed by atoms with van der Waals surface area (Å²) in [5.74, 6) is -4.79. The molecule has 6 atom stereocenters. The van der Waals surface area contributed by atoms with Gasteiger partial charge in [0.25, 0.3) is 0 Å². The highest BCUT2D eigenvalue weighted by Gasteiger charge is 2.54. The largest absolute Gasteiger partial charge is 0.481 e. The minimum atomic E-state index is -0.939. The third kappa shape index (κ3) is 16.8. The first-order chi connectivity index (χ1) is 42.5. The molecule has 6 aliphatic rings. The Bertz CT molecular complexity index is 3450. The Morgan fingerprint density at radius 3 is 1.19 bits per heavy atom. The van der Waals surface area contributed by atoms with Crippen LogP contribution in [-0.4, -0.2) is 135 Å². The zero-order valence-corrected chi connectivity index (χ0v) is 60.8. The van der Waals surface area contributed by atoms with Crippen molar-refractivity contribution in [3.63, 3.8) is 0 Å². The molecule has 3 N–H and O–H groups in total. The van der Waals surface area contributed by atoms with Crippen LogP contribution in [-0.2, 0) is 34.7 Å². The fraction of sp³-hybridized carbons (Fsp3) is 0.613. The summed E-state index contributed by atoms with van der Waals surface area (Å²) in [7, 11) is 0. The van der Waals surface area contributed by atoms with Gasteiger partial charge in [0.1, 0.15) is 28.9 Å². The standard InChI is InChI=1S/C35H47F2N3O2.C25H38N2O3.C15H19F2NO2.2ClH/c1-21-15-26-29(16-22(21)2)35(18-30(26)34(7,8)38-23(3)41)11-13-39(14-12-35)32(42)28-20-40(33(4,5)6)19-27(28)25-10-9-24(36)17-31(25)37;1-16-13-19-20(14-17(16)2)25(15-21(19)24(7,8)26-18(3)28)9-11-27(12-10-25)22(29)30-23(4,5)6;1-15(2,3)18-7-11(12(8-18)14(19)20)10-5-4-9(16)6-13(10)17;;/h9-10,15-17,27-28,30H,11-14,18-20H2,1-8H3,(H,38,41);13-14,21H,9-12,15H2,1-8H3,(H,26,28);4-6,11-12H,7-8H2,1-3H3,(H,19,20);2*1H/t27-,28?,30?;;11-,12?;;/m0.0../s1. The van der Waals surface area contributed by atoms with Crippen LogP contribution in [0.4, 0.5) is 22.4 Å². The second kappa shape index (κ2) is 28.8. The number of hydrogen-bond acceptors (Lipinski definition) is 8. The zero-order chi connectivity index (χ0) is 68.3. The molecule has 13 nitrogen and oxygen atoms in total. The van der Waals surface area contributed by atoms with Gasteiger partial charge in [0.05, 0.1) is 11.8 Å². The van der Waals surface area contributed by atoms with E-state index in [-0.39, 0.29) is 105 Å². The van der Waals surface area contributed by atoms with E-state index in [0.29, 0.717) is 57.9 Å². The second-order valence-electron chi connectivity index (χ2n) is 32.0. The molecule has 4 heterocycles. The summed E-state index contributed by atoms with van der Waals surface area (Å²) in [5, 5.41) is 15.7. The Hall–Kier alpha value is -5.75. The number of halogens is 6. The number of carboxylic acids is 1. The minimum absolute atomic E-state index is 0. The number of aliphatic carboxylic acids is 1. The van der Waals surface area contributed by atoms with E-state index in [1.165, 1.54) is 68.8 Å². The third-order valence-electron chi connectivity index (χ3n) is 21.5. The number of rotatable bonds is 8. The monoisotopic (exact) mass is 1350 g/mol. The highest BCUT2D eigenvalue weighted by Crippen LogP contribution is 2.57. The minimum Gasteiger partial charge on any atom is -0.481 e. The molecule has 94 heavy (non-hydrogen) atoms. The molecule has 4 fully saturated rings. The lowest BCUT2D eigenvalue weighted by atomic mass is 9.71. The van der Waals surface area contributed by atoms with Gasteiger partial charge in [-0.25, -0.2) is 22.4 Å². The number of ether oxygens (including phenoxy) is 1. The smallest absolute Gasteiger partial charge is 0.410 e. The summed E-state index contributed by atoms with van der Waals surface area (Å²) in [6.45, 7) is 43.0. The summed E-state index contributed by atoms with van der Waals surface area (Å²) in [4.78, 5) is 70.3. The van der Waals surface area contributed by atoms with Crippen molar-refractivity contribution in [3.8, 4) is 0 Å². The van der Waals surface area contributed by atoms with Crippen molar-refractivity contribution in [2.45, 2.75) is 232 Å². The van der Waals surface area contributed by atoms with E-state index in [9.17, 15) is 42.3 Å². The lowest BCUT2D eigenvalue weighted by molar-refractivity contribution is -0.142. The number of carbonyl (C=O) groups is 5. The maximum Gasteiger partial charge on any atom is 0.410 e. The van der Waals surface area contributed by atoms with Crippen molar-refractivity contribution < 1.29 is 51.4 Å². The Kier molecular flexibility index (Phi) is 23.6. The maximum atomic E-state index is 15.0. The van der Waals surface area contributed by atoms with Gasteiger partial charge in [-0.3, -0.25) is 29.0 Å². The average Bonchev–Trinajstić information content (AvgIpc) is 1.56. The topological polar surface area (TPSA) is 152 Å². The van der Waals surface area contributed by atoms with E-state index in [1.54, 1.807) is 13.8 Å². The van der Waals surface area contributed by atoms with Crippen LogP contribution in [0.5, 0.6) is 0 Å². The fourth-order valence-corrected chi connectivity index (χ4v) is 16.0.